The maximum Gasteiger partial charge on any atom is 0.288 e. The van der Waals surface area contributed by atoms with E-state index < -0.39 is 18.4 Å². The number of ether oxygens (including phenoxy) is 1. The van der Waals surface area contributed by atoms with Crippen molar-refractivity contribution in [2.45, 2.75) is 25.7 Å². The Balaban J connectivity index is 2.57. The van der Waals surface area contributed by atoms with Crippen LogP contribution >= 0.6 is 11.6 Å². The van der Waals surface area contributed by atoms with Gasteiger partial charge < -0.3 is 4.74 Å². The van der Waals surface area contributed by atoms with E-state index in [1.54, 1.807) is 32.0 Å². The smallest absolute Gasteiger partial charge is 0.288 e. The molecule has 0 saturated heterocycles. The Hall–Kier alpha value is -0.830. The molecule has 2 rings (SSSR count). The van der Waals surface area contributed by atoms with E-state index in [2.05, 4.69) is 0 Å². The van der Waals surface area contributed by atoms with Crippen LogP contribution in [0.2, 0.25) is 5.02 Å². The van der Waals surface area contributed by atoms with E-state index in [1.165, 1.54) is 0 Å². The van der Waals surface area contributed by atoms with Gasteiger partial charge in [0, 0.05) is 10.6 Å². The van der Waals surface area contributed by atoms with Gasteiger partial charge in [0.25, 0.3) is 5.92 Å². The number of fused-ring (bicyclic) bond motifs is 1. The zero-order valence-corrected chi connectivity index (χ0v) is 9.89. The largest absolute Gasteiger partial charge is 0.487 e. The molecule has 1 nitrogen and oxygen atoms in total. The van der Waals surface area contributed by atoms with E-state index in [9.17, 15) is 8.78 Å². The molecule has 1 unspecified atom stereocenters. The van der Waals surface area contributed by atoms with Crippen LogP contribution in [0.1, 0.15) is 25.3 Å². The Morgan fingerprint density at radius 1 is 1.44 bits per heavy atom. The summed E-state index contributed by atoms with van der Waals surface area (Å²) in [5, 5.41) is 0.357. The Kier molecular flexibility index (Phi) is 2.82. The zero-order chi connectivity index (χ0) is 11.9. The number of hydrogen-bond acceptors (Lipinski definition) is 1. The van der Waals surface area contributed by atoms with Crippen molar-refractivity contribution in [1.82, 2.24) is 0 Å². The molecule has 0 N–H and O–H groups in total. The minimum atomic E-state index is -2.86. The molecule has 0 radical (unpaired) electrons. The molecule has 0 amide bonds. The number of benzene rings is 1. The van der Waals surface area contributed by atoms with Gasteiger partial charge >= 0.3 is 0 Å². The minimum Gasteiger partial charge on any atom is -0.487 e. The summed E-state index contributed by atoms with van der Waals surface area (Å²) in [5.74, 6) is -3.42. The molecule has 16 heavy (non-hydrogen) atoms. The van der Waals surface area contributed by atoms with Gasteiger partial charge in [-0.15, -0.1) is 0 Å². The van der Waals surface area contributed by atoms with Crippen LogP contribution in [0.4, 0.5) is 8.78 Å². The lowest BCUT2D eigenvalue weighted by Gasteiger charge is -2.36. The fourth-order valence-electron chi connectivity index (χ4n) is 2.24. The van der Waals surface area contributed by atoms with E-state index in [0.717, 1.165) is 0 Å². The van der Waals surface area contributed by atoms with Crippen LogP contribution in [0.25, 0.3) is 0 Å². The van der Waals surface area contributed by atoms with Crippen LogP contribution in [-0.2, 0) is 0 Å². The highest BCUT2D eigenvalue weighted by molar-refractivity contribution is 6.31. The van der Waals surface area contributed by atoms with E-state index >= 15 is 0 Å². The first-order valence-corrected chi connectivity index (χ1v) is 5.60. The second kappa shape index (κ2) is 3.88. The lowest BCUT2D eigenvalue weighted by Crippen LogP contribution is -2.40. The van der Waals surface area contributed by atoms with Crippen molar-refractivity contribution in [3.63, 3.8) is 0 Å². The Morgan fingerprint density at radius 3 is 2.75 bits per heavy atom. The van der Waals surface area contributed by atoms with E-state index in [4.69, 9.17) is 16.3 Å². The Labute approximate surface area is 98.4 Å². The topological polar surface area (TPSA) is 9.23 Å². The molecule has 1 aliphatic rings. The second-order valence-corrected chi connectivity index (χ2v) is 4.83. The van der Waals surface area contributed by atoms with Crippen LogP contribution in [0, 0.1) is 5.92 Å². The molecule has 1 aliphatic heterocycles. The van der Waals surface area contributed by atoms with Gasteiger partial charge in [-0.05, 0) is 18.1 Å². The third kappa shape index (κ3) is 1.77. The van der Waals surface area contributed by atoms with Crippen molar-refractivity contribution in [2.75, 3.05) is 6.61 Å². The van der Waals surface area contributed by atoms with Gasteiger partial charge in [0.1, 0.15) is 5.75 Å². The molecule has 0 aromatic heterocycles. The number of rotatable bonds is 1. The average molecular weight is 247 g/mol. The second-order valence-electron chi connectivity index (χ2n) is 4.42. The molecular formula is C12H13ClF2O. The summed E-state index contributed by atoms with van der Waals surface area (Å²) in [6.07, 6.45) is 0. The SMILES string of the molecule is CC(C)C1c2c(Cl)cccc2OCC1(F)F. The first-order chi connectivity index (χ1) is 7.43. The summed E-state index contributed by atoms with van der Waals surface area (Å²) < 4.78 is 32.7. The highest BCUT2D eigenvalue weighted by Gasteiger charge is 2.48. The summed E-state index contributed by atoms with van der Waals surface area (Å²) in [4.78, 5) is 0. The first-order valence-electron chi connectivity index (χ1n) is 5.22. The van der Waals surface area contributed by atoms with Gasteiger partial charge in [-0.25, -0.2) is 8.78 Å². The van der Waals surface area contributed by atoms with Gasteiger partial charge in [0.15, 0.2) is 6.61 Å². The van der Waals surface area contributed by atoms with Crippen molar-refractivity contribution in [2.24, 2.45) is 5.92 Å². The Morgan fingerprint density at radius 2 is 2.12 bits per heavy atom. The molecule has 4 heteroatoms. The van der Waals surface area contributed by atoms with E-state index in [-0.39, 0.29) is 5.92 Å². The Bertz CT molecular complexity index is 404. The minimum absolute atomic E-state index is 0.183. The summed E-state index contributed by atoms with van der Waals surface area (Å²) in [5.41, 5.74) is 0.440. The van der Waals surface area contributed by atoms with Gasteiger partial charge in [0.05, 0.1) is 5.92 Å². The van der Waals surface area contributed by atoms with Gasteiger partial charge in [0.2, 0.25) is 0 Å². The van der Waals surface area contributed by atoms with Gasteiger partial charge in [-0.2, -0.15) is 0 Å². The van der Waals surface area contributed by atoms with Crippen molar-refractivity contribution >= 4 is 11.6 Å². The van der Waals surface area contributed by atoms with Gasteiger partial charge in [-0.3, -0.25) is 0 Å². The van der Waals surface area contributed by atoms with Crippen molar-refractivity contribution in [1.29, 1.82) is 0 Å². The molecule has 1 atom stereocenters. The number of alkyl halides is 2. The molecule has 0 saturated carbocycles. The molecule has 1 aromatic carbocycles. The third-order valence-electron chi connectivity index (χ3n) is 2.87. The molecule has 1 heterocycles. The van der Waals surface area contributed by atoms with Gasteiger partial charge in [-0.1, -0.05) is 31.5 Å². The maximum atomic E-state index is 13.8. The predicted octanol–water partition coefficient (Wildman–Crippen LogP) is 4.11. The van der Waals surface area contributed by atoms with Crippen LogP contribution in [0.3, 0.4) is 0 Å². The average Bonchev–Trinajstić information content (AvgIpc) is 2.17. The monoisotopic (exact) mass is 246 g/mol. The normalized spacial score (nSPS) is 22.8. The van der Waals surface area contributed by atoms with Crippen molar-refractivity contribution < 1.29 is 13.5 Å². The zero-order valence-electron chi connectivity index (χ0n) is 9.14. The lowest BCUT2D eigenvalue weighted by molar-refractivity contribution is -0.0881. The predicted molar refractivity (Wildman–Crippen MR) is 59.5 cm³/mol. The molecule has 0 fully saturated rings. The summed E-state index contributed by atoms with van der Waals surface area (Å²) in [6, 6.07) is 5.02. The summed E-state index contributed by atoms with van der Waals surface area (Å²) in [7, 11) is 0. The molecule has 0 bridgehead atoms. The molecule has 0 spiro atoms. The van der Waals surface area contributed by atoms with Crippen molar-refractivity contribution in [3.8, 4) is 5.75 Å². The summed E-state index contributed by atoms with van der Waals surface area (Å²) >= 11 is 5.99. The quantitative estimate of drug-likeness (QED) is 0.725. The maximum absolute atomic E-state index is 13.8. The molecule has 0 aliphatic carbocycles. The highest BCUT2D eigenvalue weighted by atomic mass is 35.5. The third-order valence-corrected chi connectivity index (χ3v) is 3.20. The van der Waals surface area contributed by atoms with Crippen LogP contribution in [-0.4, -0.2) is 12.5 Å². The van der Waals surface area contributed by atoms with E-state index in [0.29, 0.717) is 16.3 Å². The fraction of sp³-hybridized carbons (Fsp3) is 0.500. The number of hydrogen-bond donors (Lipinski definition) is 0. The van der Waals surface area contributed by atoms with Crippen molar-refractivity contribution in [3.05, 3.63) is 28.8 Å². The summed E-state index contributed by atoms with van der Waals surface area (Å²) in [6.45, 7) is 2.98. The lowest BCUT2D eigenvalue weighted by atomic mass is 9.81. The fourth-order valence-corrected chi connectivity index (χ4v) is 2.52. The van der Waals surface area contributed by atoms with E-state index in [1.807, 2.05) is 0 Å². The molecule has 88 valence electrons. The standard InChI is InChI=1S/C12H13ClF2O/c1-7(2)11-10-8(13)4-3-5-9(10)16-6-12(11,14)15/h3-5,7,11H,6H2,1-2H3. The highest BCUT2D eigenvalue weighted by Crippen LogP contribution is 2.49. The molecule has 1 aromatic rings. The van der Waals surface area contributed by atoms with Crippen LogP contribution in [0.15, 0.2) is 18.2 Å². The van der Waals surface area contributed by atoms with Crippen LogP contribution < -0.4 is 4.74 Å². The number of halogens is 3. The van der Waals surface area contributed by atoms with Crippen LogP contribution in [0.5, 0.6) is 5.75 Å². The first kappa shape index (κ1) is 11.6. The molecular weight excluding hydrogens is 234 g/mol.